The minimum atomic E-state index is -0.742. The molecule has 5 nitrogen and oxygen atoms in total. The van der Waals surface area contributed by atoms with E-state index < -0.39 is 29.1 Å². The molecule has 0 aromatic heterocycles. The van der Waals surface area contributed by atoms with Crippen molar-refractivity contribution in [2.75, 3.05) is 0 Å². The Labute approximate surface area is 129 Å². The Hall–Kier alpha value is -2.60. The first-order valence-corrected chi connectivity index (χ1v) is 6.63. The molecule has 0 saturated heterocycles. The van der Waals surface area contributed by atoms with E-state index in [2.05, 4.69) is 0 Å². The van der Waals surface area contributed by atoms with Crippen LogP contribution in [0.5, 0.6) is 11.5 Å². The van der Waals surface area contributed by atoms with E-state index in [9.17, 15) is 24.2 Å². The summed E-state index contributed by atoms with van der Waals surface area (Å²) in [5, 5.41) is 19.3. The molecule has 112 valence electrons. The van der Waals surface area contributed by atoms with Crippen LogP contribution in [0.1, 0.15) is 26.3 Å². The molecule has 7 heteroatoms. The number of hydrogen-bond donors (Lipinski definition) is 2. The molecule has 3 rings (SSSR count). The number of halogens is 2. The summed E-state index contributed by atoms with van der Waals surface area (Å²) >= 11 is 5.89. The molecule has 2 aromatic rings. The molecule has 0 bridgehead atoms. The van der Waals surface area contributed by atoms with E-state index >= 15 is 0 Å². The lowest BCUT2D eigenvalue weighted by Gasteiger charge is -2.14. The van der Waals surface area contributed by atoms with Crippen LogP contribution in [-0.4, -0.2) is 26.9 Å². The molecule has 0 radical (unpaired) electrons. The Morgan fingerprint density at radius 3 is 2.50 bits per heavy atom. The van der Waals surface area contributed by atoms with Crippen molar-refractivity contribution in [1.82, 2.24) is 4.90 Å². The number of hydrogen-bond acceptors (Lipinski definition) is 4. The van der Waals surface area contributed by atoms with Gasteiger partial charge < -0.3 is 10.2 Å². The van der Waals surface area contributed by atoms with Crippen molar-refractivity contribution in [2.24, 2.45) is 0 Å². The largest absolute Gasteiger partial charge is 0.504 e. The van der Waals surface area contributed by atoms with E-state index in [0.717, 1.165) is 17.0 Å². The number of fused-ring (bicyclic) bond motifs is 1. The van der Waals surface area contributed by atoms with Gasteiger partial charge in [-0.3, -0.25) is 14.5 Å². The summed E-state index contributed by atoms with van der Waals surface area (Å²) in [5.74, 6) is -3.01. The van der Waals surface area contributed by atoms with Gasteiger partial charge >= 0.3 is 0 Å². The van der Waals surface area contributed by atoms with Crippen molar-refractivity contribution < 1.29 is 24.2 Å². The van der Waals surface area contributed by atoms with Gasteiger partial charge in [0, 0.05) is 5.02 Å². The summed E-state index contributed by atoms with van der Waals surface area (Å²) in [6.07, 6.45) is 0. The molecule has 2 N–H and O–H groups in total. The fraction of sp³-hybridized carbons (Fsp3) is 0.0667. The lowest BCUT2D eigenvalue weighted by atomic mass is 10.1. The van der Waals surface area contributed by atoms with E-state index in [0.29, 0.717) is 5.56 Å². The third-order valence-electron chi connectivity index (χ3n) is 3.43. The van der Waals surface area contributed by atoms with Crippen molar-refractivity contribution in [1.29, 1.82) is 0 Å². The Morgan fingerprint density at radius 1 is 1.09 bits per heavy atom. The molecule has 0 spiro atoms. The van der Waals surface area contributed by atoms with Gasteiger partial charge in [0.1, 0.15) is 5.82 Å². The standard InChI is InChI=1S/C15H9ClFNO4/c16-10-5-8(17)2-1-7(10)6-18-14(21)9-3-4-11(19)13(20)12(9)15(18)22/h1-5,19-20H,6H2. The molecule has 1 aliphatic heterocycles. The van der Waals surface area contributed by atoms with Crippen LogP contribution in [0.3, 0.4) is 0 Å². The van der Waals surface area contributed by atoms with Gasteiger partial charge in [0.05, 0.1) is 17.7 Å². The van der Waals surface area contributed by atoms with Crippen molar-refractivity contribution in [3.05, 3.63) is 57.9 Å². The molecule has 2 aromatic carbocycles. The number of aromatic hydroxyl groups is 2. The SMILES string of the molecule is O=C1c2ccc(O)c(O)c2C(=O)N1Cc1ccc(F)cc1Cl. The Morgan fingerprint density at radius 2 is 1.82 bits per heavy atom. The van der Waals surface area contributed by atoms with Crippen LogP contribution in [0.15, 0.2) is 30.3 Å². The van der Waals surface area contributed by atoms with Crippen LogP contribution in [-0.2, 0) is 6.54 Å². The molecular weight excluding hydrogens is 313 g/mol. The molecule has 1 aliphatic rings. The summed E-state index contributed by atoms with van der Waals surface area (Å²) in [7, 11) is 0. The maximum atomic E-state index is 13.0. The number of amides is 2. The fourth-order valence-electron chi connectivity index (χ4n) is 2.31. The normalized spacial score (nSPS) is 13.6. The minimum absolute atomic E-state index is 0.00136. The number of nitrogens with zero attached hydrogens (tertiary/aromatic N) is 1. The molecule has 0 saturated carbocycles. The van der Waals surface area contributed by atoms with Crippen LogP contribution < -0.4 is 0 Å². The number of carbonyl (C=O) groups is 2. The summed E-state index contributed by atoms with van der Waals surface area (Å²) in [5.41, 5.74) is 0.142. The quantitative estimate of drug-likeness (QED) is 0.658. The Bertz CT molecular complexity index is 821. The highest BCUT2D eigenvalue weighted by molar-refractivity contribution is 6.31. The molecule has 22 heavy (non-hydrogen) atoms. The second-order valence-corrected chi connectivity index (χ2v) is 5.20. The van der Waals surface area contributed by atoms with Crippen LogP contribution >= 0.6 is 11.6 Å². The van der Waals surface area contributed by atoms with E-state index in [1.165, 1.54) is 18.2 Å². The van der Waals surface area contributed by atoms with E-state index in [1.807, 2.05) is 0 Å². The topological polar surface area (TPSA) is 77.8 Å². The first-order chi connectivity index (χ1) is 10.4. The van der Waals surface area contributed by atoms with E-state index in [1.54, 1.807) is 0 Å². The van der Waals surface area contributed by atoms with Crippen molar-refractivity contribution in [3.63, 3.8) is 0 Å². The summed E-state index contributed by atoms with van der Waals surface area (Å²) in [6, 6.07) is 6.02. The molecule has 2 amide bonds. The average Bonchev–Trinajstić information content (AvgIpc) is 2.70. The van der Waals surface area contributed by atoms with Crippen LogP contribution in [0.25, 0.3) is 0 Å². The number of rotatable bonds is 2. The third kappa shape index (κ3) is 2.08. The second-order valence-electron chi connectivity index (χ2n) is 4.79. The monoisotopic (exact) mass is 321 g/mol. The zero-order valence-corrected chi connectivity index (χ0v) is 11.8. The molecule has 0 fully saturated rings. The molecule has 0 unspecified atom stereocenters. The smallest absolute Gasteiger partial charge is 0.265 e. The van der Waals surface area contributed by atoms with E-state index in [-0.39, 0.29) is 22.7 Å². The first kappa shape index (κ1) is 14.3. The predicted octanol–water partition coefficient (Wildman–Crippen LogP) is 2.69. The third-order valence-corrected chi connectivity index (χ3v) is 3.79. The second kappa shape index (κ2) is 4.99. The van der Waals surface area contributed by atoms with Gasteiger partial charge in [0.15, 0.2) is 11.5 Å². The van der Waals surface area contributed by atoms with Gasteiger partial charge in [-0.25, -0.2) is 4.39 Å². The van der Waals surface area contributed by atoms with Gasteiger partial charge in [-0.2, -0.15) is 0 Å². The van der Waals surface area contributed by atoms with Crippen molar-refractivity contribution in [2.45, 2.75) is 6.54 Å². The highest BCUT2D eigenvalue weighted by Crippen LogP contribution is 2.37. The molecule has 0 aliphatic carbocycles. The maximum Gasteiger partial charge on any atom is 0.265 e. The van der Waals surface area contributed by atoms with Gasteiger partial charge in [0.25, 0.3) is 11.8 Å². The van der Waals surface area contributed by atoms with Crippen LogP contribution in [0.4, 0.5) is 4.39 Å². The maximum absolute atomic E-state index is 13.0. The summed E-state index contributed by atoms with van der Waals surface area (Å²) in [6.45, 7) is -0.161. The van der Waals surface area contributed by atoms with Crippen molar-refractivity contribution >= 4 is 23.4 Å². The zero-order valence-electron chi connectivity index (χ0n) is 11.0. The van der Waals surface area contributed by atoms with Gasteiger partial charge in [0.2, 0.25) is 0 Å². The number of phenolic OH excluding ortho intramolecular Hbond substituents is 2. The van der Waals surface area contributed by atoms with Crippen LogP contribution in [0.2, 0.25) is 5.02 Å². The highest BCUT2D eigenvalue weighted by atomic mass is 35.5. The Kier molecular flexibility index (Phi) is 3.26. The molecule has 0 atom stereocenters. The zero-order chi connectivity index (χ0) is 16.0. The van der Waals surface area contributed by atoms with Gasteiger partial charge in [-0.1, -0.05) is 17.7 Å². The molecular formula is C15H9ClFNO4. The van der Waals surface area contributed by atoms with E-state index in [4.69, 9.17) is 11.6 Å². The Balaban J connectivity index is 1.99. The average molecular weight is 322 g/mol. The number of imide groups is 1. The lowest BCUT2D eigenvalue weighted by Crippen LogP contribution is -2.29. The summed E-state index contributed by atoms with van der Waals surface area (Å²) < 4.78 is 13.0. The van der Waals surface area contributed by atoms with Gasteiger partial charge in [-0.05, 0) is 29.8 Å². The molecule has 1 heterocycles. The highest BCUT2D eigenvalue weighted by Gasteiger charge is 2.39. The van der Waals surface area contributed by atoms with Crippen LogP contribution in [0, 0.1) is 5.82 Å². The van der Waals surface area contributed by atoms with Crippen molar-refractivity contribution in [3.8, 4) is 11.5 Å². The fourth-order valence-corrected chi connectivity index (χ4v) is 2.54. The first-order valence-electron chi connectivity index (χ1n) is 6.25. The lowest BCUT2D eigenvalue weighted by molar-refractivity contribution is 0.0641. The minimum Gasteiger partial charge on any atom is -0.504 e. The van der Waals surface area contributed by atoms with Gasteiger partial charge in [-0.15, -0.1) is 0 Å². The summed E-state index contributed by atoms with van der Waals surface area (Å²) in [4.78, 5) is 25.4. The number of carbonyl (C=O) groups excluding carboxylic acids is 2. The number of phenols is 2. The number of benzene rings is 2. The predicted molar refractivity (Wildman–Crippen MR) is 75.4 cm³/mol.